The normalized spacial score (nSPS) is 10.6. The lowest BCUT2D eigenvalue weighted by Gasteiger charge is -2.06. The Morgan fingerprint density at radius 3 is 2.78 bits per heavy atom. The number of ether oxygens (including phenoxy) is 2. The van der Waals surface area contributed by atoms with Crippen LogP contribution >= 0.6 is 0 Å². The zero-order chi connectivity index (χ0) is 13.1. The lowest BCUT2D eigenvalue weighted by atomic mass is 10.1. The van der Waals surface area contributed by atoms with E-state index in [4.69, 9.17) is 13.9 Å². The van der Waals surface area contributed by atoms with E-state index in [1.807, 2.05) is 0 Å². The van der Waals surface area contributed by atoms with Crippen LogP contribution in [0.5, 0.6) is 5.75 Å². The van der Waals surface area contributed by atoms with Gasteiger partial charge in [0, 0.05) is 31.6 Å². The molecule has 5 heteroatoms. The molecule has 0 bridgehead atoms. The van der Waals surface area contributed by atoms with Crippen molar-refractivity contribution >= 4 is 16.9 Å². The zero-order valence-corrected chi connectivity index (χ0v) is 10.1. The number of esters is 1. The molecule has 0 aliphatic heterocycles. The summed E-state index contributed by atoms with van der Waals surface area (Å²) in [5, 5.41) is 0.757. The van der Waals surface area contributed by atoms with Crippen LogP contribution in [0.1, 0.15) is 12.5 Å². The van der Waals surface area contributed by atoms with E-state index in [0.29, 0.717) is 17.9 Å². The summed E-state index contributed by atoms with van der Waals surface area (Å²) < 4.78 is 15.0. The number of benzene rings is 1. The molecule has 0 spiro atoms. The van der Waals surface area contributed by atoms with Crippen LogP contribution in [0.15, 0.2) is 33.5 Å². The van der Waals surface area contributed by atoms with Crippen molar-refractivity contribution in [1.82, 2.24) is 0 Å². The Balaban J connectivity index is 2.56. The Hall–Kier alpha value is -2.14. The quantitative estimate of drug-likeness (QED) is 0.471. The fraction of sp³-hybridized carbons (Fsp3) is 0.231. The van der Waals surface area contributed by atoms with Gasteiger partial charge < -0.3 is 13.9 Å². The van der Waals surface area contributed by atoms with Gasteiger partial charge in [-0.25, -0.2) is 4.79 Å². The molecule has 0 saturated carbocycles. The third-order valence-electron chi connectivity index (χ3n) is 2.36. The number of fused-ring (bicyclic) bond motifs is 1. The van der Waals surface area contributed by atoms with Gasteiger partial charge in [0.2, 0.25) is 0 Å². The molecular weight excluding hydrogens is 236 g/mol. The highest BCUT2D eigenvalue weighted by atomic mass is 16.5. The first-order chi connectivity index (χ1) is 8.60. The lowest BCUT2D eigenvalue weighted by molar-refractivity contribution is -0.131. The molecule has 0 amide bonds. The summed E-state index contributed by atoms with van der Waals surface area (Å²) >= 11 is 0. The first-order valence-corrected chi connectivity index (χ1v) is 5.34. The molecule has 1 aromatic carbocycles. The highest BCUT2D eigenvalue weighted by Crippen LogP contribution is 2.23. The standard InChI is InChI=1S/C13H12O5/c1-8(14)17-10-3-4-11-9(7-16-2)5-13(15)18-12(11)6-10/h3-6H,7H2,1-2H3. The van der Waals surface area contributed by atoms with Gasteiger partial charge in [0.1, 0.15) is 11.3 Å². The number of hydrogen-bond donors (Lipinski definition) is 0. The van der Waals surface area contributed by atoms with Crippen molar-refractivity contribution in [2.45, 2.75) is 13.5 Å². The molecule has 1 heterocycles. The van der Waals surface area contributed by atoms with Crippen LogP contribution in [0.4, 0.5) is 0 Å². The van der Waals surface area contributed by atoms with Gasteiger partial charge in [-0.2, -0.15) is 0 Å². The van der Waals surface area contributed by atoms with E-state index in [1.54, 1.807) is 19.2 Å². The maximum atomic E-state index is 11.4. The lowest BCUT2D eigenvalue weighted by Crippen LogP contribution is -2.03. The second kappa shape index (κ2) is 5.01. The average molecular weight is 248 g/mol. The average Bonchev–Trinajstić information content (AvgIpc) is 2.27. The van der Waals surface area contributed by atoms with Crippen molar-refractivity contribution in [3.05, 3.63) is 40.2 Å². The van der Waals surface area contributed by atoms with E-state index < -0.39 is 11.6 Å². The number of carbonyl (C=O) groups excluding carboxylic acids is 1. The molecule has 1 aromatic heterocycles. The molecule has 0 aliphatic rings. The largest absolute Gasteiger partial charge is 0.427 e. The minimum absolute atomic E-state index is 0.314. The zero-order valence-electron chi connectivity index (χ0n) is 10.1. The smallest absolute Gasteiger partial charge is 0.336 e. The Kier molecular flexibility index (Phi) is 3.43. The van der Waals surface area contributed by atoms with Crippen molar-refractivity contribution < 1.29 is 18.7 Å². The van der Waals surface area contributed by atoms with Crippen LogP contribution in [-0.4, -0.2) is 13.1 Å². The summed E-state index contributed by atoms with van der Waals surface area (Å²) in [5.41, 5.74) is 0.640. The Morgan fingerprint density at radius 1 is 1.33 bits per heavy atom. The summed E-state index contributed by atoms with van der Waals surface area (Å²) in [6.07, 6.45) is 0. The van der Waals surface area contributed by atoms with Gasteiger partial charge in [-0.05, 0) is 17.7 Å². The van der Waals surface area contributed by atoms with Gasteiger partial charge in [0.05, 0.1) is 6.61 Å². The van der Waals surface area contributed by atoms with Crippen molar-refractivity contribution in [3.63, 3.8) is 0 Å². The summed E-state index contributed by atoms with van der Waals surface area (Å²) in [5.74, 6) is -0.0857. The number of rotatable bonds is 3. The highest BCUT2D eigenvalue weighted by molar-refractivity contribution is 5.82. The minimum Gasteiger partial charge on any atom is -0.427 e. The van der Waals surface area contributed by atoms with Crippen molar-refractivity contribution in [3.8, 4) is 5.75 Å². The SMILES string of the molecule is COCc1cc(=O)oc2cc(OC(C)=O)ccc12. The van der Waals surface area contributed by atoms with E-state index in [2.05, 4.69) is 0 Å². The van der Waals surface area contributed by atoms with E-state index in [9.17, 15) is 9.59 Å². The van der Waals surface area contributed by atoms with Crippen LogP contribution in [0.2, 0.25) is 0 Å². The summed E-state index contributed by atoms with van der Waals surface area (Å²) in [7, 11) is 1.55. The van der Waals surface area contributed by atoms with Gasteiger partial charge in [0.25, 0.3) is 0 Å². The second-order valence-electron chi connectivity index (χ2n) is 3.78. The molecule has 2 rings (SSSR count). The van der Waals surface area contributed by atoms with E-state index in [0.717, 1.165) is 10.9 Å². The van der Waals surface area contributed by atoms with Crippen molar-refractivity contribution in [2.75, 3.05) is 7.11 Å². The first-order valence-electron chi connectivity index (χ1n) is 5.34. The molecule has 0 unspecified atom stereocenters. The van der Waals surface area contributed by atoms with Crippen LogP contribution in [0, 0.1) is 0 Å². The molecule has 2 aromatic rings. The predicted octanol–water partition coefficient (Wildman–Crippen LogP) is 1.86. The van der Waals surface area contributed by atoms with Gasteiger partial charge >= 0.3 is 11.6 Å². The van der Waals surface area contributed by atoms with Crippen molar-refractivity contribution in [2.24, 2.45) is 0 Å². The molecule has 0 radical (unpaired) electrons. The van der Waals surface area contributed by atoms with Gasteiger partial charge in [-0.15, -0.1) is 0 Å². The first kappa shape index (κ1) is 12.3. The predicted molar refractivity (Wildman–Crippen MR) is 64.5 cm³/mol. The molecule has 0 aliphatic carbocycles. The maximum absolute atomic E-state index is 11.4. The molecule has 0 fully saturated rings. The Morgan fingerprint density at radius 2 is 2.11 bits per heavy atom. The Labute approximate surface area is 103 Å². The molecule has 0 N–H and O–H groups in total. The summed E-state index contributed by atoms with van der Waals surface area (Å²) in [6.45, 7) is 1.62. The van der Waals surface area contributed by atoms with Gasteiger partial charge in [-0.3, -0.25) is 4.79 Å². The molecule has 94 valence electrons. The number of carbonyl (C=O) groups is 1. The maximum Gasteiger partial charge on any atom is 0.336 e. The van der Waals surface area contributed by atoms with Crippen LogP contribution < -0.4 is 10.4 Å². The number of hydrogen-bond acceptors (Lipinski definition) is 5. The number of methoxy groups -OCH3 is 1. The van der Waals surface area contributed by atoms with Crippen LogP contribution in [0.25, 0.3) is 11.0 Å². The molecule has 0 atom stereocenters. The highest BCUT2D eigenvalue weighted by Gasteiger charge is 2.07. The topological polar surface area (TPSA) is 65.7 Å². The minimum atomic E-state index is -0.463. The summed E-state index contributed by atoms with van der Waals surface area (Å²) in [6, 6.07) is 6.27. The molecule has 0 saturated heterocycles. The van der Waals surface area contributed by atoms with Crippen LogP contribution in [0.3, 0.4) is 0 Å². The third-order valence-corrected chi connectivity index (χ3v) is 2.36. The third kappa shape index (κ3) is 2.57. The fourth-order valence-corrected chi connectivity index (χ4v) is 1.71. The van der Waals surface area contributed by atoms with E-state index >= 15 is 0 Å². The molecule has 5 nitrogen and oxygen atoms in total. The summed E-state index contributed by atoms with van der Waals surface area (Å²) in [4.78, 5) is 22.2. The van der Waals surface area contributed by atoms with Crippen LogP contribution in [-0.2, 0) is 16.1 Å². The van der Waals surface area contributed by atoms with E-state index in [1.165, 1.54) is 19.1 Å². The monoisotopic (exact) mass is 248 g/mol. The molecule has 18 heavy (non-hydrogen) atoms. The molecular formula is C13H12O5. The Bertz CT molecular complexity index is 641. The fourth-order valence-electron chi connectivity index (χ4n) is 1.71. The van der Waals surface area contributed by atoms with Gasteiger partial charge in [-0.1, -0.05) is 0 Å². The van der Waals surface area contributed by atoms with E-state index in [-0.39, 0.29) is 0 Å². The van der Waals surface area contributed by atoms with Crippen molar-refractivity contribution in [1.29, 1.82) is 0 Å². The second-order valence-corrected chi connectivity index (χ2v) is 3.78. The van der Waals surface area contributed by atoms with Gasteiger partial charge in [0.15, 0.2) is 0 Å².